The number of hydrogen-bond acceptors (Lipinski definition) is 1. The van der Waals surface area contributed by atoms with Gasteiger partial charge < -0.3 is 0 Å². The predicted octanol–water partition coefficient (Wildman–Crippen LogP) is 5.46. The maximum Gasteiger partial charge on any atom is 0.193 e. The van der Waals surface area contributed by atoms with Gasteiger partial charge in [0.05, 0.1) is 0 Å². The van der Waals surface area contributed by atoms with Crippen LogP contribution in [-0.4, -0.2) is 5.78 Å². The average Bonchev–Trinajstić information content (AvgIpc) is 2.61. The van der Waals surface area contributed by atoms with Crippen molar-refractivity contribution < 1.29 is 4.79 Å². The quantitative estimate of drug-likeness (QED) is 0.687. The topological polar surface area (TPSA) is 17.1 Å². The molecule has 24 heavy (non-hydrogen) atoms. The Bertz CT molecular complexity index is 733. The SMILES string of the molecule is O=C(c1ccccc1)c1ccccc1C1C2CC3CC(C2)CC1C3. The van der Waals surface area contributed by atoms with Crippen molar-refractivity contribution in [2.24, 2.45) is 23.7 Å². The molecule has 4 fully saturated rings. The molecular formula is C23H24O. The summed E-state index contributed by atoms with van der Waals surface area (Å²) < 4.78 is 0. The van der Waals surface area contributed by atoms with Crippen molar-refractivity contribution in [3.05, 3.63) is 71.3 Å². The molecule has 0 N–H and O–H groups in total. The van der Waals surface area contributed by atoms with E-state index in [9.17, 15) is 4.79 Å². The monoisotopic (exact) mass is 316 g/mol. The second-order valence-electron chi connectivity index (χ2n) is 8.24. The van der Waals surface area contributed by atoms with Crippen LogP contribution in [0.4, 0.5) is 0 Å². The van der Waals surface area contributed by atoms with Crippen LogP contribution in [0.2, 0.25) is 0 Å². The molecule has 1 nitrogen and oxygen atoms in total. The first kappa shape index (κ1) is 14.5. The zero-order valence-corrected chi connectivity index (χ0v) is 14.0. The van der Waals surface area contributed by atoms with Crippen molar-refractivity contribution in [2.45, 2.75) is 38.0 Å². The highest BCUT2D eigenvalue weighted by atomic mass is 16.1. The lowest BCUT2D eigenvalue weighted by atomic mass is 9.50. The van der Waals surface area contributed by atoms with Crippen molar-refractivity contribution in [1.29, 1.82) is 0 Å². The molecule has 2 aromatic rings. The Balaban J connectivity index is 1.54. The second kappa shape index (κ2) is 5.58. The first-order valence-electron chi connectivity index (χ1n) is 9.48. The van der Waals surface area contributed by atoms with Crippen LogP contribution in [-0.2, 0) is 0 Å². The molecule has 0 saturated heterocycles. The molecule has 122 valence electrons. The number of rotatable bonds is 3. The molecule has 0 aliphatic heterocycles. The van der Waals surface area contributed by atoms with Crippen LogP contribution >= 0.6 is 0 Å². The standard InChI is InChI=1S/C23H24O/c24-23(17-6-2-1-3-7-17)21-9-5-4-8-20(21)22-18-11-15-10-16(13-18)14-19(22)12-15/h1-9,15-16,18-19,22H,10-14H2. The van der Waals surface area contributed by atoms with Gasteiger partial charge >= 0.3 is 0 Å². The molecule has 0 unspecified atom stereocenters. The van der Waals surface area contributed by atoms with Crippen molar-refractivity contribution in [3.8, 4) is 0 Å². The Hall–Kier alpha value is -1.89. The summed E-state index contributed by atoms with van der Waals surface area (Å²) in [6, 6.07) is 18.2. The summed E-state index contributed by atoms with van der Waals surface area (Å²) >= 11 is 0. The first-order valence-corrected chi connectivity index (χ1v) is 9.48. The summed E-state index contributed by atoms with van der Waals surface area (Å²) in [5.41, 5.74) is 3.09. The van der Waals surface area contributed by atoms with Gasteiger partial charge in [0.15, 0.2) is 5.78 Å². The molecule has 4 bridgehead atoms. The van der Waals surface area contributed by atoms with E-state index in [1.54, 1.807) is 0 Å². The molecule has 0 radical (unpaired) electrons. The average molecular weight is 316 g/mol. The number of benzene rings is 2. The van der Waals surface area contributed by atoms with E-state index >= 15 is 0 Å². The number of carbonyl (C=O) groups excluding carboxylic acids is 1. The van der Waals surface area contributed by atoms with E-state index in [0.717, 1.165) is 34.8 Å². The molecule has 0 amide bonds. The Labute approximate surface area is 144 Å². The normalized spacial score (nSPS) is 33.6. The number of hydrogen-bond donors (Lipinski definition) is 0. The zero-order chi connectivity index (χ0) is 16.1. The van der Waals surface area contributed by atoms with Gasteiger partial charge in [-0.15, -0.1) is 0 Å². The lowest BCUT2D eigenvalue weighted by Crippen LogP contribution is -2.44. The molecule has 0 atom stereocenters. The van der Waals surface area contributed by atoms with Crippen LogP contribution < -0.4 is 0 Å². The molecule has 6 rings (SSSR count). The second-order valence-corrected chi connectivity index (χ2v) is 8.24. The van der Waals surface area contributed by atoms with Gasteiger partial charge in [-0.2, -0.15) is 0 Å². The number of carbonyl (C=O) groups is 1. The fourth-order valence-electron chi connectivity index (χ4n) is 6.17. The molecule has 0 spiro atoms. The summed E-state index contributed by atoms with van der Waals surface area (Å²) in [4.78, 5) is 13.1. The van der Waals surface area contributed by atoms with Gasteiger partial charge in [-0.05, 0) is 67.3 Å². The van der Waals surface area contributed by atoms with Gasteiger partial charge in [-0.3, -0.25) is 4.79 Å². The van der Waals surface area contributed by atoms with Gasteiger partial charge in [0.25, 0.3) is 0 Å². The highest BCUT2D eigenvalue weighted by molar-refractivity contribution is 6.10. The van der Waals surface area contributed by atoms with E-state index in [1.165, 1.54) is 37.7 Å². The molecule has 4 saturated carbocycles. The van der Waals surface area contributed by atoms with Crippen LogP contribution in [0.5, 0.6) is 0 Å². The van der Waals surface area contributed by atoms with Gasteiger partial charge in [-0.1, -0.05) is 54.6 Å². The summed E-state index contributed by atoms with van der Waals surface area (Å²) in [5.74, 6) is 4.38. The molecule has 1 heteroatoms. The van der Waals surface area contributed by atoms with E-state index in [0.29, 0.717) is 5.92 Å². The summed E-state index contributed by atoms with van der Waals surface area (Å²) in [6.07, 6.45) is 7.05. The summed E-state index contributed by atoms with van der Waals surface area (Å²) in [7, 11) is 0. The van der Waals surface area contributed by atoms with E-state index in [1.807, 2.05) is 36.4 Å². The van der Waals surface area contributed by atoms with E-state index < -0.39 is 0 Å². The third-order valence-electron chi connectivity index (χ3n) is 6.83. The Morgan fingerprint density at radius 2 is 1.29 bits per heavy atom. The van der Waals surface area contributed by atoms with Gasteiger partial charge in [0.2, 0.25) is 0 Å². The molecular weight excluding hydrogens is 292 g/mol. The zero-order valence-electron chi connectivity index (χ0n) is 14.0. The minimum absolute atomic E-state index is 0.194. The van der Waals surface area contributed by atoms with Gasteiger partial charge in [-0.25, -0.2) is 0 Å². The smallest absolute Gasteiger partial charge is 0.193 e. The Kier molecular flexibility index (Phi) is 3.36. The maximum absolute atomic E-state index is 13.1. The summed E-state index contributed by atoms with van der Waals surface area (Å²) in [5, 5.41) is 0. The Morgan fingerprint density at radius 1 is 0.708 bits per heavy atom. The van der Waals surface area contributed by atoms with Crippen molar-refractivity contribution >= 4 is 5.78 Å². The minimum Gasteiger partial charge on any atom is -0.289 e. The van der Waals surface area contributed by atoms with Crippen LogP contribution in [0, 0.1) is 23.7 Å². The minimum atomic E-state index is 0.194. The highest BCUT2D eigenvalue weighted by Crippen LogP contribution is 2.60. The molecule has 4 aliphatic rings. The third-order valence-corrected chi connectivity index (χ3v) is 6.83. The van der Waals surface area contributed by atoms with Crippen LogP contribution in [0.25, 0.3) is 0 Å². The van der Waals surface area contributed by atoms with Crippen LogP contribution in [0.15, 0.2) is 54.6 Å². The van der Waals surface area contributed by atoms with E-state index in [-0.39, 0.29) is 5.78 Å². The molecule has 4 aliphatic carbocycles. The fourth-order valence-corrected chi connectivity index (χ4v) is 6.17. The molecule has 2 aromatic carbocycles. The van der Waals surface area contributed by atoms with Gasteiger partial charge in [0, 0.05) is 11.1 Å². The van der Waals surface area contributed by atoms with Crippen molar-refractivity contribution in [1.82, 2.24) is 0 Å². The predicted molar refractivity (Wildman–Crippen MR) is 96.1 cm³/mol. The van der Waals surface area contributed by atoms with Crippen molar-refractivity contribution in [3.63, 3.8) is 0 Å². The van der Waals surface area contributed by atoms with Crippen LogP contribution in [0.3, 0.4) is 0 Å². The van der Waals surface area contributed by atoms with Crippen LogP contribution in [0.1, 0.15) is 59.5 Å². The maximum atomic E-state index is 13.1. The number of ketones is 1. The van der Waals surface area contributed by atoms with Gasteiger partial charge in [0.1, 0.15) is 0 Å². The lowest BCUT2D eigenvalue weighted by Gasteiger charge is -2.55. The molecule has 0 heterocycles. The fraction of sp³-hybridized carbons (Fsp3) is 0.435. The largest absolute Gasteiger partial charge is 0.289 e. The lowest BCUT2D eigenvalue weighted by molar-refractivity contribution is -0.00295. The van der Waals surface area contributed by atoms with Crippen molar-refractivity contribution in [2.75, 3.05) is 0 Å². The third kappa shape index (κ3) is 2.25. The summed E-state index contributed by atoms with van der Waals surface area (Å²) in [6.45, 7) is 0. The van der Waals surface area contributed by atoms with E-state index in [4.69, 9.17) is 0 Å². The molecule has 0 aromatic heterocycles. The Morgan fingerprint density at radius 3 is 1.96 bits per heavy atom. The highest BCUT2D eigenvalue weighted by Gasteiger charge is 2.49. The van der Waals surface area contributed by atoms with E-state index in [2.05, 4.69) is 18.2 Å². The first-order chi connectivity index (χ1) is 11.8.